The standard InChI is InChI=1S/C11H20N4O2/c12-10(14-1-5-16-6-2-14)9-11(13)15-3-7-17-8-4-15/h12-13H,1-9H2. The molecule has 0 aromatic rings. The zero-order valence-corrected chi connectivity index (χ0v) is 10.1. The minimum absolute atomic E-state index is 0.417. The van der Waals surface area contributed by atoms with E-state index < -0.39 is 0 Å². The number of nitrogens with zero attached hydrogens (tertiary/aromatic N) is 2. The van der Waals surface area contributed by atoms with Gasteiger partial charge in [0.2, 0.25) is 0 Å². The molecule has 2 heterocycles. The van der Waals surface area contributed by atoms with Crippen LogP contribution in [-0.4, -0.2) is 74.1 Å². The van der Waals surface area contributed by atoms with Gasteiger partial charge in [-0.2, -0.15) is 0 Å². The monoisotopic (exact) mass is 240 g/mol. The fourth-order valence-electron chi connectivity index (χ4n) is 2.05. The number of hydrogen-bond acceptors (Lipinski definition) is 4. The van der Waals surface area contributed by atoms with E-state index in [9.17, 15) is 0 Å². The van der Waals surface area contributed by atoms with Gasteiger partial charge in [-0.3, -0.25) is 10.8 Å². The predicted octanol–water partition coefficient (Wildman–Crippen LogP) is -0.00456. The third-order valence-corrected chi connectivity index (χ3v) is 3.12. The molecular formula is C11H20N4O2. The van der Waals surface area contributed by atoms with Gasteiger partial charge in [0.25, 0.3) is 0 Å². The predicted molar refractivity (Wildman–Crippen MR) is 64.9 cm³/mol. The maximum atomic E-state index is 8.00. The van der Waals surface area contributed by atoms with E-state index in [1.807, 2.05) is 9.80 Å². The summed E-state index contributed by atoms with van der Waals surface area (Å²) in [6, 6.07) is 0. The number of ether oxygens (including phenoxy) is 2. The van der Waals surface area contributed by atoms with Gasteiger partial charge >= 0.3 is 0 Å². The van der Waals surface area contributed by atoms with Gasteiger partial charge in [0.05, 0.1) is 32.8 Å². The third kappa shape index (κ3) is 3.41. The lowest BCUT2D eigenvalue weighted by Gasteiger charge is -2.32. The van der Waals surface area contributed by atoms with Crippen LogP contribution < -0.4 is 0 Å². The van der Waals surface area contributed by atoms with E-state index in [-0.39, 0.29) is 0 Å². The van der Waals surface area contributed by atoms with Crippen LogP contribution in [0.1, 0.15) is 6.42 Å². The normalized spacial score (nSPS) is 21.4. The Morgan fingerprint density at radius 1 is 0.765 bits per heavy atom. The first-order chi connectivity index (χ1) is 8.27. The van der Waals surface area contributed by atoms with Crippen LogP contribution in [0.15, 0.2) is 0 Å². The van der Waals surface area contributed by atoms with Crippen molar-refractivity contribution in [3.05, 3.63) is 0 Å². The van der Waals surface area contributed by atoms with Crippen molar-refractivity contribution in [3.8, 4) is 0 Å². The second-order valence-corrected chi connectivity index (χ2v) is 4.27. The van der Waals surface area contributed by atoms with Crippen molar-refractivity contribution >= 4 is 11.7 Å². The highest BCUT2D eigenvalue weighted by Gasteiger charge is 2.19. The Morgan fingerprint density at radius 3 is 1.47 bits per heavy atom. The SMILES string of the molecule is N=C(CC(=N)N1CCOCC1)N1CCOCC1. The Hall–Kier alpha value is -1.14. The smallest absolute Gasteiger partial charge is 0.104 e. The molecule has 0 atom stereocenters. The zero-order valence-electron chi connectivity index (χ0n) is 10.1. The molecule has 0 bridgehead atoms. The van der Waals surface area contributed by atoms with E-state index in [0.717, 1.165) is 26.2 Å². The molecule has 0 saturated carbocycles. The average molecular weight is 240 g/mol. The summed E-state index contributed by atoms with van der Waals surface area (Å²) in [7, 11) is 0. The number of nitrogens with one attached hydrogen (secondary N) is 2. The minimum Gasteiger partial charge on any atom is -0.378 e. The van der Waals surface area contributed by atoms with Crippen molar-refractivity contribution < 1.29 is 9.47 Å². The van der Waals surface area contributed by atoms with Gasteiger partial charge in [0, 0.05) is 26.2 Å². The molecule has 2 aliphatic heterocycles. The first-order valence-electron chi connectivity index (χ1n) is 6.07. The Bertz CT molecular complexity index is 255. The summed E-state index contributed by atoms with van der Waals surface area (Å²) < 4.78 is 10.5. The minimum atomic E-state index is 0.417. The Kier molecular flexibility index (Phi) is 4.33. The first kappa shape index (κ1) is 12.3. The van der Waals surface area contributed by atoms with Crippen molar-refractivity contribution in [2.75, 3.05) is 52.6 Å². The van der Waals surface area contributed by atoms with Crippen molar-refractivity contribution in [1.82, 2.24) is 9.80 Å². The van der Waals surface area contributed by atoms with Crippen LogP contribution in [0.4, 0.5) is 0 Å². The lowest BCUT2D eigenvalue weighted by Crippen LogP contribution is -2.45. The Morgan fingerprint density at radius 2 is 1.12 bits per heavy atom. The van der Waals surface area contributed by atoms with Crippen molar-refractivity contribution in [1.29, 1.82) is 10.8 Å². The van der Waals surface area contributed by atoms with Gasteiger partial charge in [-0.15, -0.1) is 0 Å². The quantitative estimate of drug-likeness (QED) is 0.526. The van der Waals surface area contributed by atoms with Gasteiger partial charge < -0.3 is 19.3 Å². The Balaban J connectivity index is 1.78. The number of rotatable bonds is 2. The summed E-state index contributed by atoms with van der Waals surface area (Å²) in [6.45, 7) is 5.84. The summed E-state index contributed by atoms with van der Waals surface area (Å²) in [4.78, 5) is 4.00. The van der Waals surface area contributed by atoms with Gasteiger partial charge in [0.1, 0.15) is 11.7 Å². The van der Waals surface area contributed by atoms with E-state index in [2.05, 4.69) is 0 Å². The van der Waals surface area contributed by atoms with Gasteiger partial charge in [-0.25, -0.2) is 0 Å². The second-order valence-electron chi connectivity index (χ2n) is 4.27. The molecule has 96 valence electrons. The molecule has 2 saturated heterocycles. The molecular weight excluding hydrogens is 220 g/mol. The highest BCUT2D eigenvalue weighted by atomic mass is 16.5. The molecule has 17 heavy (non-hydrogen) atoms. The van der Waals surface area contributed by atoms with E-state index in [1.54, 1.807) is 0 Å². The summed E-state index contributed by atoms with van der Waals surface area (Å²) in [5.41, 5.74) is 0. The van der Waals surface area contributed by atoms with Gasteiger partial charge in [-0.1, -0.05) is 0 Å². The molecule has 0 aromatic carbocycles. The van der Waals surface area contributed by atoms with Crippen LogP contribution in [0, 0.1) is 10.8 Å². The van der Waals surface area contributed by atoms with E-state index in [1.165, 1.54) is 0 Å². The first-order valence-corrected chi connectivity index (χ1v) is 6.07. The zero-order chi connectivity index (χ0) is 12.1. The van der Waals surface area contributed by atoms with Crippen LogP contribution in [0.2, 0.25) is 0 Å². The fourth-order valence-corrected chi connectivity index (χ4v) is 2.05. The molecule has 2 rings (SSSR count). The molecule has 0 aromatic heterocycles. The molecule has 0 radical (unpaired) electrons. The van der Waals surface area contributed by atoms with Crippen LogP contribution in [0.25, 0.3) is 0 Å². The van der Waals surface area contributed by atoms with Crippen molar-refractivity contribution in [3.63, 3.8) is 0 Å². The molecule has 0 amide bonds. The van der Waals surface area contributed by atoms with Crippen molar-refractivity contribution in [2.24, 2.45) is 0 Å². The van der Waals surface area contributed by atoms with Crippen LogP contribution in [0.5, 0.6) is 0 Å². The largest absolute Gasteiger partial charge is 0.378 e. The number of morpholine rings is 2. The van der Waals surface area contributed by atoms with E-state index in [4.69, 9.17) is 20.3 Å². The maximum absolute atomic E-state index is 8.00. The van der Waals surface area contributed by atoms with Crippen LogP contribution in [0.3, 0.4) is 0 Å². The molecule has 0 spiro atoms. The fraction of sp³-hybridized carbons (Fsp3) is 0.818. The molecule has 6 nitrogen and oxygen atoms in total. The summed E-state index contributed by atoms with van der Waals surface area (Å²) in [6.07, 6.45) is 0.417. The topological polar surface area (TPSA) is 72.6 Å². The van der Waals surface area contributed by atoms with E-state index >= 15 is 0 Å². The second kappa shape index (κ2) is 5.97. The lowest BCUT2D eigenvalue weighted by molar-refractivity contribution is 0.0646. The average Bonchev–Trinajstić information content (AvgIpc) is 2.40. The summed E-state index contributed by atoms with van der Waals surface area (Å²) in [5, 5.41) is 16.0. The molecule has 2 aliphatic rings. The Labute approximate surface area is 101 Å². The van der Waals surface area contributed by atoms with E-state index in [0.29, 0.717) is 44.5 Å². The highest BCUT2D eigenvalue weighted by Crippen LogP contribution is 2.05. The molecule has 2 N–H and O–H groups in total. The molecule has 6 heteroatoms. The third-order valence-electron chi connectivity index (χ3n) is 3.12. The maximum Gasteiger partial charge on any atom is 0.104 e. The summed E-state index contributed by atoms with van der Waals surface area (Å²) in [5.74, 6) is 1.06. The van der Waals surface area contributed by atoms with Crippen LogP contribution in [-0.2, 0) is 9.47 Å². The van der Waals surface area contributed by atoms with Crippen molar-refractivity contribution in [2.45, 2.75) is 6.42 Å². The number of amidine groups is 2. The molecule has 0 unspecified atom stereocenters. The lowest BCUT2D eigenvalue weighted by atomic mass is 10.2. The molecule has 2 fully saturated rings. The van der Waals surface area contributed by atoms with Crippen LogP contribution >= 0.6 is 0 Å². The van der Waals surface area contributed by atoms with Gasteiger partial charge in [-0.05, 0) is 0 Å². The number of hydrogen-bond donors (Lipinski definition) is 2. The molecule has 0 aliphatic carbocycles. The van der Waals surface area contributed by atoms with Gasteiger partial charge in [0.15, 0.2) is 0 Å². The highest BCUT2D eigenvalue weighted by molar-refractivity contribution is 5.99. The summed E-state index contributed by atoms with van der Waals surface area (Å²) >= 11 is 0.